The lowest BCUT2D eigenvalue weighted by atomic mass is 9.93. The molecule has 1 nitrogen and oxygen atoms in total. The van der Waals surface area contributed by atoms with Crippen molar-refractivity contribution in [3.05, 3.63) is 108 Å². The van der Waals surface area contributed by atoms with Crippen molar-refractivity contribution in [2.24, 2.45) is 0 Å². The second kappa shape index (κ2) is 8.62. The normalized spacial score (nSPS) is 11.3. The monoisotopic (exact) mass is 320 g/mol. The molecule has 0 heterocycles. The highest BCUT2D eigenvalue weighted by Crippen LogP contribution is 2.31. The van der Waals surface area contributed by atoms with Crippen molar-refractivity contribution in [3.63, 3.8) is 0 Å². The van der Waals surface area contributed by atoms with E-state index >= 15 is 0 Å². The Hall–Kier alpha value is -1.95. The lowest BCUT2D eigenvalue weighted by Gasteiger charge is -2.18. The first-order chi connectivity index (χ1) is 11.4. The fraction of sp³-hybridized carbons (Fsp3) is 0.143. The van der Waals surface area contributed by atoms with Crippen LogP contribution in [-0.2, 0) is 11.1 Å². The summed E-state index contributed by atoms with van der Waals surface area (Å²) in [5, 5.41) is 0. The molecule has 0 fully saturated rings. The van der Waals surface area contributed by atoms with Gasteiger partial charge in [0.05, 0.1) is 6.61 Å². The van der Waals surface area contributed by atoms with Crippen molar-refractivity contribution in [2.45, 2.75) is 12.5 Å². The van der Waals surface area contributed by atoms with Gasteiger partial charge in [0.25, 0.3) is 0 Å². The van der Waals surface area contributed by atoms with E-state index in [0.717, 1.165) is 6.16 Å². The van der Waals surface area contributed by atoms with Crippen LogP contribution in [0.15, 0.2) is 91.0 Å². The standard InChI is InChI=1S/C21H21OP/c1-4-10-18(11-5-1)16-22-23-17-21(19-12-6-2-7-13-19)20-14-8-3-9-15-20/h1-15,21,23H,16-17H2. The van der Waals surface area contributed by atoms with Crippen LogP contribution in [0, 0.1) is 0 Å². The van der Waals surface area contributed by atoms with Crippen LogP contribution in [-0.4, -0.2) is 6.16 Å². The Bertz CT molecular complexity index is 643. The molecule has 3 aromatic carbocycles. The summed E-state index contributed by atoms with van der Waals surface area (Å²) in [7, 11) is 0.489. The molecule has 0 aliphatic heterocycles. The first kappa shape index (κ1) is 15.9. The molecule has 0 aliphatic rings. The Labute approximate surface area is 140 Å². The molecule has 0 saturated carbocycles. The Balaban J connectivity index is 1.63. The molecule has 0 saturated heterocycles. The van der Waals surface area contributed by atoms with E-state index in [1.165, 1.54) is 16.7 Å². The highest BCUT2D eigenvalue weighted by Gasteiger charge is 2.13. The minimum absolute atomic E-state index is 0.395. The molecule has 0 amide bonds. The third-order valence-corrected chi connectivity index (χ3v) is 4.80. The highest BCUT2D eigenvalue weighted by molar-refractivity contribution is 7.32. The van der Waals surface area contributed by atoms with Crippen LogP contribution >= 0.6 is 8.81 Å². The summed E-state index contributed by atoms with van der Waals surface area (Å²) >= 11 is 0. The topological polar surface area (TPSA) is 9.23 Å². The Morgan fingerprint density at radius 1 is 0.652 bits per heavy atom. The zero-order valence-corrected chi connectivity index (χ0v) is 14.1. The molecular formula is C21H21OP. The van der Waals surface area contributed by atoms with Gasteiger partial charge in [0.1, 0.15) is 0 Å². The van der Waals surface area contributed by atoms with Gasteiger partial charge in [-0.1, -0.05) is 91.0 Å². The van der Waals surface area contributed by atoms with Crippen molar-refractivity contribution in [1.29, 1.82) is 0 Å². The maximum atomic E-state index is 5.92. The molecule has 2 heteroatoms. The maximum absolute atomic E-state index is 5.92. The summed E-state index contributed by atoms with van der Waals surface area (Å²) in [6.07, 6.45) is 1.01. The molecule has 0 N–H and O–H groups in total. The zero-order chi connectivity index (χ0) is 15.7. The number of rotatable bonds is 7. The van der Waals surface area contributed by atoms with Crippen LogP contribution in [0.1, 0.15) is 22.6 Å². The van der Waals surface area contributed by atoms with Crippen LogP contribution < -0.4 is 0 Å². The Kier molecular flexibility index (Phi) is 5.97. The smallest absolute Gasteiger partial charge is 0.0756 e. The van der Waals surface area contributed by atoms with Gasteiger partial charge in [-0.25, -0.2) is 0 Å². The van der Waals surface area contributed by atoms with Crippen LogP contribution in [0.3, 0.4) is 0 Å². The van der Waals surface area contributed by atoms with Gasteiger partial charge in [-0.15, -0.1) is 0 Å². The number of benzene rings is 3. The second-order valence-electron chi connectivity index (χ2n) is 5.50. The quantitative estimate of drug-likeness (QED) is 0.405. The van der Waals surface area contributed by atoms with Crippen LogP contribution in [0.25, 0.3) is 0 Å². The van der Waals surface area contributed by atoms with Gasteiger partial charge in [0.15, 0.2) is 0 Å². The lowest BCUT2D eigenvalue weighted by molar-refractivity contribution is 0.351. The van der Waals surface area contributed by atoms with Gasteiger partial charge >= 0.3 is 0 Å². The number of hydrogen-bond acceptors (Lipinski definition) is 1. The maximum Gasteiger partial charge on any atom is 0.0756 e. The molecular weight excluding hydrogens is 299 g/mol. The van der Waals surface area contributed by atoms with Crippen molar-refractivity contribution < 1.29 is 4.52 Å². The van der Waals surface area contributed by atoms with Crippen LogP contribution in [0.2, 0.25) is 0 Å². The van der Waals surface area contributed by atoms with Gasteiger partial charge in [0, 0.05) is 20.9 Å². The average molecular weight is 320 g/mol. The van der Waals surface area contributed by atoms with Gasteiger partial charge in [-0.2, -0.15) is 0 Å². The van der Waals surface area contributed by atoms with E-state index in [4.69, 9.17) is 4.52 Å². The molecule has 0 aliphatic carbocycles. The van der Waals surface area contributed by atoms with E-state index in [9.17, 15) is 0 Å². The molecule has 116 valence electrons. The van der Waals surface area contributed by atoms with Gasteiger partial charge in [-0.3, -0.25) is 0 Å². The summed E-state index contributed by atoms with van der Waals surface area (Å²) < 4.78 is 5.92. The molecule has 3 rings (SSSR count). The summed E-state index contributed by atoms with van der Waals surface area (Å²) in [4.78, 5) is 0. The summed E-state index contributed by atoms with van der Waals surface area (Å²) in [6.45, 7) is 0.690. The molecule has 1 unspecified atom stereocenters. The largest absolute Gasteiger partial charge is 0.358 e. The Morgan fingerprint density at radius 3 is 1.65 bits per heavy atom. The zero-order valence-electron chi connectivity index (χ0n) is 13.1. The molecule has 23 heavy (non-hydrogen) atoms. The lowest BCUT2D eigenvalue weighted by Crippen LogP contribution is -2.03. The molecule has 3 aromatic rings. The third kappa shape index (κ3) is 4.76. The van der Waals surface area contributed by atoms with E-state index in [2.05, 4.69) is 84.9 Å². The van der Waals surface area contributed by atoms with Crippen molar-refractivity contribution in [3.8, 4) is 0 Å². The van der Waals surface area contributed by atoms with Crippen molar-refractivity contribution in [2.75, 3.05) is 6.16 Å². The van der Waals surface area contributed by atoms with E-state index in [1.54, 1.807) is 0 Å². The van der Waals surface area contributed by atoms with Crippen LogP contribution in [0.4, 0.5) is 0 Å². The first-order valence-corrected chi connectivity index (χ1v) is 9.03. The van der Waals surface area contributed by atoms with Crippen molar-refractivity contribution in [1.82, 2.24) is 0 Å². The van der Waals surface area contributed by atoms with E-state index in [0.29, 0.717) is 21.3 Å². The molecule has 1 atom stereocenters. The van der Waals surface area contributed by atoms with E-state index < -0.39 is 0 Å². The van der Waals surface area contributed by atoms with Gasteiger partial charge in [-0.05, 0) is 16.7 Å². The van der Waals surface area contributed by atoms with Gasteiger partial charge in [0.2, 0.25) is 0 Å². The second-order valence-corrected chi connectivity index (χ2v) is 6.48. The van der Waals surface area contributed by atoms with E-state index in [1.807, 2.05) is 6.07 Å². The predicted octanol–water partition coefficient (Wildman–Crippen LogP) is 5.63. The predicted molar refractivity (Wildman–Crippen MR) is 99.1 cm³/mol. The van der Waals surface area contributed by atoms with Gasteiger partial charge < -0.3 is 4.52 Å². The third-order valence-electron chi connectivity index (χ3n) is 3.88. The highest BCUT2D eigenvalue weighted by atomic mass is 31.1. The fourth-order valence-electron chi connectivity index (χ4n) is 2.65. The number of hydrogen-bond donors (Lipinski definition) is 0. The molecule has 0 spiro atoms. The van der Waals surface area contributed by atoms with Crippen molar-refractivity contribution >= 4 is 8.81 Å². The molecule has 0 radical (unpaired) electrons. The minimum Gasteiger partial charge on any atom is -0.358 e. The molecule has 0 aromatic heterocycles. The SMILES string of the molecule is c1ccc(COPCC(c2ccccc2)c2ccccc2)cc1. The molecule has 0 bridgehead atoms. The Morgan fingerprint density at radius 2 is 1.13 bits per heavy atom. The average Bonchev–Trinajstić information content (AvgIpc) is 2.64. The fourth-order valence-corrected chi connectivity index (χ4v) is 3.67. The summed E-state index contributed by atoms with van der Waals surface area (Å²) in [5.41, 5.74) is 3.94. The van der Waals surface area contributed by atoms with Crippen LogP contribution in [0.5, 0.6) is 0 Å². The minimum atomic E-state index is 0.395. The summed E-state index contributed by atoms with van der Waals surface area (Å²) in [5.74, 6) is 0.395. The summed E-state index contributed by atoms with van der Waals surface area (Å²) in [6, 6.07) is 31.8. The first-order valence-electron chi connectivity index (χ1n) is 7.92. The van der Waals surface area contributed by atoms with E-state index in [-0.39, 0.29) is 0 Å².